The minimum absolute atomic E-state index is 0. The Morgan fingerprint density at radius 1 is 1.12 bits per heavy atom. The van der Waals surface area contributed by atoms with Crippen LogP contribution in [0.4, 0.5) is 0 Å². The lowest BCUT2D eigenvalue weighted by Gasteiger charge is -2.36. The summed E-state index contributed by atoms with van der Waals surface area (Å²) < 4.78 is 0. The van der Waals surface area contributed by atoms with Gasteiger partial charge in [0.2, 0.25) is 5.91 Å². The quantitative estimate of drug-likeness (QED) is 0.230. The van der Waals surface area contributed by atoms with Gasteiger partial charge in [0.05, 0.1) is 6.54 Å². The average Bonchev–Trinajstić information content (AvgIpc) is 3.31. The number of aliphatic imine (C=N–C) groups is 1. The van der Waals surface area contributed by atoms with E-state index in [0.29, 0.717) is 12.6 Å². The molecule has 0 aromatic rings. The van der Waals surface area contributed by atoms with Crippen molar-refractivity contribution in [2.45, 2.75) is 45.2 Å². The molecule has 0 atom stereocenters. The van der Waals surface area contributed by atoms with Gasteiger partial charge in [0.15, 0.2) is 5.96 Å². The summed E-state index contributed by atoms with van der Waals surface area (Å²) in [6.45, 7) is 12.4. The predicted molar refractivity (Wildman–Crippen MR) is 114 cm³/mol. The van der Waals surface area contributed by atoms with Crippen molar-refractivity contribution >= 4 is 35.8 Å². The van der Waals surface area contributed by atoms with E-state index in [2.05, 4.69) is 51.5 Å². The fraction of sp³-hybridized carbons (Fsp3) is 0.882. The highest BCUT2D eigenvalue weighted by atomic mass is 127. The summed E-state index contributed by atoms with van der Waals surface area (Å²) in [5.41, 5.74) is 0.137. The fourth-order valence-electron chi connectivity index (χ4n) is 2.77. The number of nitrogens with zero attached hydrogens (tertiary/aromatic N) is 3. The molecule has 1 heterocycles. The Balaban J connectivity index is 0.00000312. The Bertz CT molecular complexity index is 439. The molecule has 0 radical (unpaired) electrons. The van der Waals surface area contributed by atoms with Gasteiger partial charge in [-0.2, -0.15) is 0 Å². The van der Waals surface area contributed by atoms with E-state index in [1.54, 1.807) is 0 Å². The van der Waals surface area contributed by atoms with Crippen molar-refractivity contribution in [3.8, 4) is 0 Å². The third-order valence-electron chi connectivity index (χ3n) is 4.26. The molecule has 0 aromatic carbocycles. The van der Waals surface area contributed by atoms with Crippen molar-refractivity contribution < 1.29 is 4.79 Å². The summed E-state index contributed by atoms with van der Waals surface area (Å²) >= 11 is 0. The zero-order chi connectivity index (χ0) is 17.6. The van der Waals surface area contributed by atoms with Gasteiger partial charge >= 0.3 is 0 Å². The van der Waals surface area contributed by atoms with Gasteiger partial charge < -0.3 is 20.9 Å². The average molecular weight is 466 g/mol. The first kappa shape index (κ1) is 22.4. The van der Waals surface area contributed by atoms with Gasteiger partial charge in [-0.15, -0.1) is 24.0 Å². The zero-order valence-electron chi connectivity index (χ0n) is 16.1. The van der Waals surface area contributed by atoms with Gasteiger partial charge in [-0.05, 0) is 33.6 Å². The van der Waals surface area contributed by atoms with Crippen molar-refractivity contribution in [3.05, 3.63) is 0 Å². The third kappa shape index (κ3) is 9.05. The minimum atomic E-state index is 0. The van der Waals surface area contributed by atoms with Crippen LogP contribution in [-0.4, -0.2) is 86.1 Å². The number of carbonyl (C=O) groups is 1. The first-order chi connectivity index (χ1) is 11.4. The highest BCUT2D eigenvalue weighted by Gasteiger charge is 2.25. The van der Waals surface area contributed by atoms with Crippen molar-refractivity contribution in [1.82, 2.24) is 25.8 Å². The van der Waals surface area contributed by atoms with E-state index in [1.165, 1.54) is 0 Å². The molecule has 1 saturated carbocycles. The van der Waals surface area contributed by atoms with Crippen LogP contribution >= 0.6 is 24.0 Å². The van der Waals surface area contributed by atoms with Crippen LogP contribution in [0.5, 0.6) is 0 Å². The molecule has 0 unspecified atom stereocenters. The number of carbonyl (C=O) groups excluding carboxylic acids is 1. The molecule has 0 bridgehead atoms. The number of hydrogen-bond donors (Lipinski definition) is 3. The molecule has 1 aliphatic heterocycles. The Morgan fingerprint density at radius 3 is 2.28 bits per heavy atom. The Hall–Kier alpha value is -0.610. The molecule has 2 aliphatic rings. The molecule has 1 aliphatic carbocycles. The van der Waals surface area contributed by atoms with E-state index >= 15 is 0 Å². The van der Waals surface area contributed by atoms with E-state index in [4.69, 9.17) is 0 Å². The van der Waals surface area contributed by atoms with Crippen molar-refractivity contribution in [3.63, 3.8) is 0 Å². The van der Waals surface area contributed by atoms with Crippen LogP contribution in [0.15, 0.2) is 4.99 Å². The van der Waals surface area contributed by atoms with E-state index in [0.717, 1.165) is 58.1 Å². The number of amides is 1. The van der Waals surface area contributed by atoms with Crippen LogP contribution in [0.1, 0.15) is 33.6 Å². The maximum atomic E-state index is 11.9. The van der Waals surface area contributed by atoms with E-state index in [1.807, 2.05) is 7.05 Å². The largest absolute Gasteiger partial charge is 0.355 e. The number of hydrogen-bond acceptors (Lipinski definition) is 4. The monoisotopic (exact) mass is 466 g/mol. The van der Waals surface area contributed by atoms with Crippen LogP contribution in [-0.2, 0) is 4.79 Å². The highest BCUT2D eigenvalue weighted by Crippen LogP contribution is 2.18. The molecular weight excluding hydrogens is 431 g/mol. The molecule has 7 nitrogen and oxygen atoms in total. The number of guanidine groups is 1. The lowest BCUT2D eigenvalue weighted by molar-refractivity contribution is -0.122. The van der Waals surface area contributed by atoms with Crippen molar-refractivity contribution in [2.75, 3.05) is 52.9 Å². The Kier molecular flexibility index (Phi) is 9.44. The van der Waals surface area contributed by atoms with Gasteiger partial charge in [-0.3, -0.25) is 14.7 Å². The molecule has 1 saturated heterocycles. The molecule has 1 amide bonds. The normalized spacial score (nSPS) is 19.4. The van der Waals surface area contributed by atoms with Crippen LogP contribution in [0, 0.1) is 0 Å². The molecule has 0 spiro atoms. The highest BCUT2D eigenvalue weighted by molar-refractivity contribution is 14.0. The Labute approximate surface area is 169 Å². The third-order valence-corrected chi connectivity index (χ3v) is 4.26. The number of halogens is 1. The lowest BCUT2D eigenvalue weighted by Crippen LogP contribution is -2.54. The van der Waals surface area contributed by atoms with Crippen molar-refractivity contribution in [2.24, 2.45) is 4.99 Å². The Morgan fingerprint density at radius 2 is 1.76 bits per heavy atom. The van der Waals surface area contributed by atoms with Crippen LogP contribution in [0.3, 0.4) is 0 Å². The summed E-state index contributed by atoms with van der Waals surface area (Å²) in [6.07, 6.45) is 2.29. The fourth-order valence-corrected chi connectivity index (χ4v) is 2.77. The van der Waals surface area contributed by atoms with Gasteiger partial charge in [0.1, 0.15) is 0 Å². The first-order valence-corrected chi connectivity index (χ1v) is 9.10. The van der Waals surface area contributed by atoms with Crippen LogP contribution in [0.25, 0.3) is 0 Å². The molecule has 25 heavy (non-hydrogen) atoms. The van der Waals surface area contributed by atoms with Crippen LogP contribution in [0.2, 0.25) is 0 Å². The molecule has 0 aromatic heterocycles. The molecule has 3 N–H and O–H groups in total. The molecule has 8 heteroatoms. The second kappa shape index (κ2) is 10.5. The molecule has 2 fully saturated rings. The second-order valence-corrected chi connectivity index (χ2v) is 7.76. The molecule has 2 rings (SSSR count). The summed E-state index contributed by atoms with van der Waals surface area (Å²) in [5, 5.41) is 9.94. The topological polar surface area (TPSA) is 72.0 Å². The molecular formula is C17H35IN6O. The lowest BCUT2D eigenvalue weighted by atomic mass is 10.1. The molecule has 146 valence electrons. The first-order valence-electron chi connectivity index (χ1n) is 9.10. The SMILES string of the molecule is CN=C(NCCNC(C)(C)C)N1CCN(CC(=O)NC2CC2)CC1.I. The van der Waals surface area contributed by atoms with Gasteiger partial charge in [-0.25, -0.2) is 0 Å². The summed E-state index contributed by atoms with van der Waals surface area (Å²) in [6, 6.07) is 0.448. The number of nitrogens with one attached hydrogen (secondary N) is 3. The predicted octanol–water partition coefficient (Wildman–Crippen LogP) is 0.464. The van der Waals surface area contributed by atoms with E-state index in [-0.39, 0.29) is 35.4 Å². The number of rotatable bonds is 6. The van der Waals surface area contributed by atoms with E-state index < -0.39 is 0 Å². The summed E-state index contributed by atoms with van der Waals surface area (Å²) in [7, 11) is 1.83. The smallest absolute Gasteiger partial charge is 0.234 e. The van der Waals surface area contributed by atoms with Gasteiger partial charge in [-0.1, -0.05) is 0 Å². The summed E-state index contributed by atoms with van der Waals surface area (Å²) in [5.74, 6) is 1.12. The van der Waals surface area contributed by atoms with Gasteiger partial charge in [0, 0.05) is 57.9 Å². The standard InChI is InChI=1S/C17H34N6O.HI/c1-17(2,3)20-8-7-19-16(18-4)23-11-9-22(10-12-23)13-15(24)21-14-5-6-14;/h14,20H,5-13H2,1-4H3,(H,18,19)(H,21,24);1H. The van der Waals surface area contributed by atoms with Gasteiger partial charge in [0.25, 0.3) is 0 Å². The van der Waals surface area contributed by atoms with Crippen LogP contribution < -0.4 is 16.0 Å². The van der Waals surface area contributed by atoms with E-state index in [9.17, 15) is 4.79 Å². The maximum Gasteiger partial charge on any atom is 0.234 e. The number of piperazine rings is 1. The zero-order valence-corrected chi connectivity index (χ0v) is 18.4. The second-order valence-electron chi connectivity index (χ2n) is 7.76. The summed E-state index contributed by atoms with van der Waals surface area (Å²) in [4.78, 5) is 20.8. The maximum absolute atomic E-state index is 11.9. The minimum Gasteiger partial charge on any atom is -0.355 e. The van der Waals surface area contributed by atoms with Crippen molar-refractivity contribution in [1.29, 1.82) is 0 Å².